The van der Waals surface area contributed by atoms with Crippen molar-refractivity contribution in [1.29, 1.82) is 0 Å². The summed E-state index contributed by atoms with van der Waals surface area (Å²) in [6, 6.07) is 3.90. The van der Waals surface area contributed by atoms with E-state index in [1.54, 1.807) is 18.5 Å². The minimum atomic E-state index is -0.690. The van der Waals surface area contributed by atoms with Crippen molar-refractivity contribution in [3.63, 3.8) is 0 Å². The number of pyridine rings is 1. The van der Waals surface area contributed by atoms with Gasteiger partial charge >= 0.3 is 5.97 Å². The molecule has 0 amide bonds. The largest absolute Gasteiger partial charge is 0.462 e. The summed E-state index contributed by atoms with van der Waals surface area (Å²) in [5, 5.41) is 0.169. The Balaban J connectivity index is 2.75. The lowest BCUT2D eigenvalue weighted by Crippen LogP contribution is -2.20. The summed E-state index contributed by atoms with van der Waals surface area (Å²) in [6.07, 6.45) is 1.40. The van der Waals surface area contributed by atoms with E-state index >= 15 is 0 Å². The van der Waals surface area contributed by atoms with E-state index in [0.29, 0.717) is 5.52 Å². The van der Waals surface area contributed by atoms with E-state index in [4.69, 9.17) is 4.74 Å². The fourth-order valence-corrected chi connectivity index (χ4v) is 1.82. The standard InChI is InChI=1S/C13H12FNO3/c1-3-18-13(17)10-7-15(2)11-5-4-8(14)6-9(11)12(10)16/h4-7H,3H2,1-2H3. The first-order chi connectivity index (χ1) is 8.54. The molecule has 2 rings (SSSR count). The van der Waals surface area contributed by atoms with Gasteiger partial charge in [-0.25, -0.2) is 9.18 Å². The maximum atomic E-state index is 13.2. The van der Waals surface area contributed by atoms with E-state index in [9.17, 15) is 14.0 Å². The van der Waals surface area contributed by atoms with Gasteiger partial charge in [0, 0.05) is 18.6 Å². The first-order valence-corrected chi connectivity index (χ1v) is 5.50. The molecule has 0 spiro atoms. The topological polar surface area (TPSA) is 48.3 Å². The molecule has 0 saturated heterocycles. The Morgan fingerprint density at radius 2 is 2.17 bits per heavy atom. The molecule has 0 saturated carbocycles. The number of carbonyl (C=O) groups is 1. The van der Waals surface area contributed by atoms with Gasteiger partial charge < -0.3 is 9.30 Å². The number of aryl methyl sites for hydroxylation is 1. The number of fused-ring (bicyclic) bond motifs is 1. The van der Waals surface area contributed by atoms with Crippen molar-refractivity contribution in [2.24, 2.45) is 7.05 Å². The molecular weight excluding hydrogens is 237 g/mol. The highest BCUT2D eigenvalue weighted by Gasteiger charge is 2.15. The number of hydrogen-bond donors (Lipinski definition) is 0. The molecule has 18 heavy (non-hydrogen) atoms. The number of rotatable bonds is 2. The van der Waals surface area contributed by atoms with Gasteiger partial charge in [-0.05, 0) is 25.1 Å². The smallest absolute Gasteiger partial charge is 0.343 e. The third-order valence-electron chi connectivity index (χ3n) is 2.65. The summed E-state index contributed by atoms with van der Waals surface area (Å²) < 4.78 is 19.6. The number of nitrogens with zero attached hydrogens (tertiary/aromatic N) is 1. The van der Waals surface area contributed by atoms with Gasteiger partial charge in [0.1, 0.15) is 11.4 Å². The van der Waals surface area contributed by atoms with E-state index in [0.717, 1.165) is 6.07 Å². The minimum absolute atomic E-state index is 0.0857. The second-order valence-corrected chi connectivity index (χ2v) is 3.86. The summed E-state index contributed by atoms with van der Waals surface area (Å²) in [5.74, 6) is -1.20. The Hall–Kier alpha value is -2.17. The maximum Gasteiger partial charge on any atom is 0.343 e. The lowest BCUT2D eigenvalue weighted by Gasteiger charge is -2.08. The van der Waals surface area contributed by atoms with Crippen LogP contribution in [0.2, 0.25) is 0 Å². The summed E-state index contributed by atoms with van der Waals surface area (Å²) in [7, 11) is 1.68. The predicted molar refractivity (Wildman–Crippen MR) is 65.1 cm³/mol. The van der Waals surface area contributed by atoms with Crippen LogP contribution in [-0.2, 0) is 11.8 Å². The van der Waals surface area contributed by atoms with E-state index in [1.807, 2.05) is 0 Å². The van der Waals surface area contributed by atoms with Crippen molar-refractivity contribution in [2.45, 2.75) is 6.92 Å². The van der Waals surface area contributed by atoms with Crippen molar-refractivity contribution in [3.8, 4) is 0 Å². The monoisotopic (exact) mass is 249 g/mol. The molecule has 0 N–H and O–H groups in total. The third-order valence-corrected chi connectivity index (χ3v) is 2.65. The molecule has 94 valence electrons. The van der Waals surface area contributed by atoms with Crippen LogP contribution in [0.25, 0.3) is 10.9 Å². The zero-order chi connectivity index (χ0) is 13.3. The molecule has 1 aromatic carbocycles. The number of esters is 1. The summed E-state index contributed by atoms with van der Waals surface area (Å²) in [5.41, 5.74) is -0.0343. The molecule has 0 bridgehead atoms. The van der Waals surface area contributed by atoms with Crippen LogP contribution in [0.1, 0.15) is 17.3 Å². The van der Waals surface area contributed by atoms with Crippen LogP contribution < -0.4 is 5.43 Å². The normalized spacial score (nSPS) is 10.6. The van der Waals surface area contributed by atoms with E-state index in [-0.39, 0.29) is 17.6 Å². The molecule has 1 aromatic heterocycles. The second kappa shape index (κ2) is 4.60. The minimum Gasteiger partial charge on any atom is -0.462 e. The van der Waals surface area contributed by atoms with Crippen LogP contribution >= 0.6 is 0 Å². The van der Waals surface area contributed by atoms with Gasteiger partial charge in [-0.2, -0.15) is 0 Å². The molecule has 5 heteroatoms. The van der Waals surface area contributed by atoms with Crippen molar-refractivity contribution in [2.75, 3.05) is 6.61 Å². The summed E-state index contributed by atoms with van der Waals surface area (Å²) >= 11 is 0. The highest BCUT2D eigenvalue weighted by molar-refractivity contribution is 5.93. The van der Waals surface area contributed by atoms with Crippen LogP contribution in [0.5, 0.6) is 0 Å². The molecule has 0 radical (unpaired) electrons. The van der Waals surface area contributed by atoms with Crippen molar-refractivity contribution < 1.29 is 13.9 Å². The first kappa shape index (κ1) is 12.3. The molecular formula is C13H12FNO3. The van der Waals surface area contributed by atoms with Crippen LogP contribution in [0.3, 0.4) is 0 Å². The first-order valence-electron chi connectivity index (χ1n) is 5.50. The van der Waals surface area contributed by atoms with E-state index in [2.05, 4.69) is 0 Å². The molecule has 0 aliphatic heterocycles. The Morgan fingerprint density at radius 3 is 2.83 bits per heavy atom. The maximum absolute atomic E-state index is 13.2. The Labute approximate surface area is 103 Å². The van der Waals surface area contributed by atoms with Crippen LogP contribution in [0, 0.1) is 5.82 Å². The summed E-state index contributed by atoms with van der Waals surface area (Å²) in [6.45, 7) is 1.84. The van der Waals surface area contributed by atoms with E-state index < -0.39 is 17.2 Å². The quantitative estimate of drug-likeness (QED) is 0.763. The molecule has 0 aliphatic carbocycles. The van der Waals surface area contributed by atoms with Gasteiger partial charge in [-0.15, -0.1) is 0 Å². The van der Waals surface area contributed by atoms with Crippen LogP contribution in [0.15, 0.2) is 29.2 Å². The number of aromatic nitrogens is 1. The number of halogens is 1. The van der Waals surface area contributed by atoms with E-state index in [1.165, 1.54) is 18.3 Å². The van der Waals surface area contributed by atoms with Crippen molar-refractivity contribution >= 4 is 16.9 Å². The highest BCUT2D eigenvalue weighted by Crippen LogP contribution is 2.13. The van der Waals surface area contributed by atoms with Gasteiger partial charge in [-0.1, -0.05) is 0 Å². The molecule has 2 aromatic rings. The molecule has 0 aliphatic rings. The van der Waals surface area contributed by atoms with Crippen molar-refractivity contribution in [1.82, 2.24) is 4.57 Å². The molecule has 4 nitrogen and oxygen atoms in total. The highest BCUT2D eigenvalue weighted by atomic mass is 19.1. The fourth-order valence-electron chi connectivity index (χ4n) is 1.82. The van der Waals surface area contributed by atoms with Gasteiger partial charge in [0.05, 0.1) is 12.1 Å². The zero-order valence-electron chi connectivity index (χ0n) is 10.1. The molecule has 0 fully saturated rings. The number of ether oxygens (including phenoxy) is 1. The molecule has 1 heterocycles. The second-order valence-electron chi connectivity index (χ2n) is 3.86. The number of hydrogen-bond acceptors (Lipinski definition) is 3. The Morgan fingerprint density at radius 1 is 1.44 bits per heavy atom. The van der Waals surface area contributed by atoms with Gasteiger partial charge in [0.25, 0.3) is 0 Å². The Kier molecular flexibility index (Phi) is 3.14. The molecule has 0 unspecified atom stereocenters. The lowest BCUT2D eigenvalue weighted by molar-refractivity contribution is 0.0524. The zero-order valence-corrected chi connectivity index (χ0v) is 10.1. The van der Waals surface area contributed by atoms with Gasteiger partial charge in [-0.3, -0.25) is 4.79 Å². The van der Waals surface area contributed by atoms with Crippen LogP contribution in [-0.4, -0.2) is 17.1 Å². The third kappa shape index (κ3) is 1.99. The average Bonchev–Trinajstić information content (AvgIpc) is 2.33. The number of carbonyl (C=O) groups excluding carboxylic acids is 1. The molecule has 0 atom stereocenters. The van der Waals surface area contributed by atoms with Crippen LogP contribution in [0.4, 0.5) is 4.39 Å². The van der Waals surface area contributed by atoms with Gasteiger partial charge in [0.2, 0.25) is 5.43 Å². The fraction of sp³-hybridized carbons (Fsp3) is 0.231. The van der Waals surface area contributed by atoms with Gasteiger partial charge in [0.15, 0.2) is 0 Å². The Bertz CT molecular complexity index is 676. The predicted octanol–water partition coefficient (Wildman–Crippen LogP) is 1.85. The van der Waals surface area contributed by atoms with Crippen molar-refractivity contribution in [3.05, 3.63) is 46.0 Å². The average molecular weight is 249 g/mol. The number of benzene rings is 1. The summed E-state index contributed by atoms with van der Waals surface area (Å²) in [4.78, 5) is 23.7. The lowest BCUT2D eigenvalue weighted by atomic mass is 10.1. The SMILES string of the molecule is CCOC(=O)c1cn(C)c2ccc(F)cc2c1=O.